The normalized spacial score (nSPS) is 10.2. The Kier molecular flexibility index (Phi) is 3.39. The summed E-state index contributed by atoms with van der Waals surface area (Å²) >= 11 is 5.89. The SMILES string of the molecule is CN(Cc1ccncc1)c1nc[nH]c(=O)c1Cl. The van der Waals surface area contributed by atoms with E-state index in [-0.39, 0.29) is 10.6 Å². The molecule has 0 aliphatic rings. The Morgan fingerprint density at radius 3 is 2.82 bits per heavy atom. The summed E-state index contributed by atoms with van der Waals surface area (Å²) in [6.07, 6.45) is 4.78. The predicted molar refractivity (Wildman–Crippen MR) is 66.2 cm³/mol. The molecule has 2 aromatic rings. The second-order valence-electron chi connectivity index (χ2n) is 3.58. The Labute approximate surface area is 103 Å². The van der Waals surface area contributed by atoms with Gasteiger partial charge in [-0.2, -0.15) is 0 Å². The fourth-order valence-corrected chi connectivity index (χ4v) is 1.72. The first kappa shape index (κ1) is 11.6. The largest absolute Gasteiger partial charge is 0.354 e. The molecular weight excluding hydrogens is 240 g/mol. The van der Waals surface area contributed by atoms with E-state index < -0.39 is 0 Å². The van der Waals surface area contributed by atoms with Crippen molar-refractivity contribution in [1.29, 1.82) is 0 Å². The molecule has 2 heterocycles. The van der Waals surface area contributed by atoms with E-state index in [4.69, 9.17) is 11.6 Å². The minimum absolute atomic E-state index is 0.101. The van der Waals surface area contributed by atoms with Crippen LogP contribution in [0.4, 0.5) is 5.82 Å². The van der Waals surface area contributed by atoms with Gasteiger partial charge in [0, 0.05) is 26.0 Å². The molecule has 0 amide bonds. The lowest BCUT2D eigenvalue weighted by molar-refractivity contribution is 0.884. The van der Waals surface area contributed by atoms with E-state index in [0.29, 0.717) is 12.4 Å². The van der Waals surface area contributed by atoms with Crippen molar-refractivity contribution >= 4 is 17.4 Å². The van der Waals surface area contributed by atoms with Gasteiger partial charge in [0.1, 0.15) is 5.02 Å². The van der Waals surface area contributed by atoms with Crippen LogP contribution in [0.5, 0.6) is 0 Å². The number of hydrogen-bond donors (Lipinski definition) is 1. The first-order chi connectivity index (χ1) is 8.18. The van der Waals surface area contributed by atoms with Gasteiger partial charge in [-0.05, 0) is 17.7 Å². The maximum Gasteiger partial charge on any atom is 0.271 e. The Morgan fingerprint density at radius 1 is 1.41 bits per heavy atom. The molecule has 88 valence electrons. The highest BCUT2D eigenvalue weighted by Crippen LogP contribution is 2.18. The summed E-state index contributed by atoms with van der Waals surface area (Å²) in [6, 6.07) is 3.80. The molecule has 0 fully saturated rings. The zero-order valence-electron chi connectivity index (χ0n) is 9.22. The van der Waals surface area contributed by atoms with Crippen LogP contribution < -0.4 is 10.5 Å². The van der Waals surface area contributed by atoms with Crippen LogP contribution in [-0.4, -0.2) is 22.0 Å². The van der Waals surface area contributed by atoms with Crippen LogP contribution >= 0.6 is 11.6 Å². The summed E-state index contributed by atoms with van der Waals surface area (Å²) in [5, 5.41) is 0.101. The molecule has 2 aromatic heterocycles. The number of halogens is 1. The first-order valence-electron chi connectivity index (χ1n) is 5.01. The van der Waals surface area contributed by atoms with E-state index in [1.165, 1.54) is 6.33 Å². The lowest BCUT2D eigenvalue weighted by Gasteiger charge is -2.18. The highest BCUT2D eigenvalue weighted by molar-refractivity contribution is 6.32. The van der Waals surface area contributed by atoms with Crippen LogP contribution in [0.3, 0.4) is 0 Å². The lowest BCUT2D eigenvalue weighted by Crippen LogP contribution is -2.21. The molecular formula is C11H11ClN4O. The van der Waals surface area contributed by atoms with E-state index in [0.717, 1.165) is 5.56 Å². The number of aromatic amines is 1. The highest BCUT2D eigenvalue weighted by Gasteiger charge is 2.10. The summed E-state index contributed by atoms with van der Waals surface area (Å²) in [5.41, 5.74) is 0.735. The zero-order valence-corrected chi connectivity index (χ0v) is 9.98. The lowest BCUT2D eigenvalue weighted by atomic mass is 10.2. The monoisotopic (exact) mass is 250 g/mol. The molecule has 2 rings (SSSR count). The maximum atomic E-state index is 11.3. The average Bonchev–Trinajstić information content (AvgIpc) is 2.34. The van der Waals surface area contributed by atoms with Crippen LogP contribution in [-0.2, 0) is 6.54 Å². The molecule has 5 nitrogen and oxygen atoms in total. The zero-order chi connectivity index (χ0) is 12.3. The van der Waals surface area contributed by atoms with Gasteiger partial charge in [-0.15, -0.1) is 0 Å². The molecule has 0 unspecified atom stereocenters. The van der Waals surface area contributed by atoms with Crippen LogP contribution in [0, 0.1) is 0 Å². The molecule has 0 saturated carbocycles. The van der Waals surface area contributed by atoms with Gasteiger partial charge in [-0.1, -0.05) is 11.6 Å². The standard InChI is InChI=1S/C11H11ClN4O/c1-16(6-8-2-4-13-5-3-8)10-9(12)11(17)15-7-14-10/h2-5,7H,6H2,1H3,(H,14,15,17). The van der Waals surface area contributed by atoms with Gasteiger partial charge in [0.15, 0.2) is 5.82 Å². The molecule has 1 N–H and O–H groups in total. The summed E-state index contributed by atoms with van der Waals surface area (Å²) in [7, 11) is 1.83. The number of nitrogens with zero attached hydrogens (tertiary/aromatic N) is 3. The van der Waals surface area contributed by atoms with Gasteiger partial charge < -0.3 is 9.88 Å². The van der Waals surface area contributed by atoms with E-state index in [1.54, 1.807) is 12.4 Å². The van der Waals surface area contributed by atoms with Crippen LogP contribution in [0.25, 0.3) is 0 Å². The topological polar surface area (TPSA) is 61.9 Å². The Hall–Kier alpha value is -1.88. The van der Waals surface area contributed by atoms with Gasteiger partial charge in [0.05, 0.1) is 6.33 Å². The Morgan fingerprint density at radius 2 is 2.12 bits per heavy atom. The fourth-order valence-electron chi connectivity index (χ4n) is 1.48. The number of pyridine rings is 1. The quantitative estimate of drug-likeness (QED) is 0.896. The summed E-state index contributed by atoms with van der Waals surface area (Å²) in [4.78, 5) is 23.6. The van der Waals surface area contributed by atoms with Crippen LogP contribution in [0.1, 0.15) is 5.56 Å². The Bertz CT molecular complexity index is 555. The third-order valence-corrected chi connectivity index (χ3v) is 2.65. The molecule has 0 aliphatic carbocycles. The summed E-state index contributed by atoms with van der Waals surface area (Å²) in [5.74, 6) is 0.465. The van der Waals surface area contributed by atoms with E-state index in [9.17, 15) is 4.79 Å². The van der Waals surface area contributed by atoms with Gasteiger partial charge in [0.2, 0.25) is 0 Å². The fraction of sp³-hybridized carbons (Fsp3) is 0.182. The smallest absolute Gasteiger partial charge is 0.271 e. The van der Waals surface area contributed by atoms with E-state index in [1.807, 2.05) is 24.1 Å². The molecule has 0 saturated heterocycles. The number of anilines is 1. The number of rotatable bonds is 3. The number of nitrogens with one attached hydrogen (secondary N) is 1. The molecule has 0 atom stereocenters. The van der Waals surface area contributed by atoms with Crippen molar-refractivity contribution in [3.8, 4) is 0 Å². The van der Waals surface area contributed by atoms with Crippen molar-refractivity contribution in [2.75, 3.05) is 11.9 Å². The van der Waals surface area contributed by atoms with Crippen molar-refractivity contribution in [3.05, 3.63) is 51.8 Å². The minimum Gasteiger partial charge on any atom is -0.354 e. The molecule has 0 aromatic carbocycles. The average molecular weight is 251 g/mol. The van der Waals surface area contributed by atoms with E-state index in [2.05, 4.69) is 15.0 Å². The molecule has 6 heteroatoms. The Balaban J connectivity index is 2.23. The molecule has 17 heavy (non-hydrogen) atoms. The van der Waals surface area contributed by atoms with Gasteiger partial charge in [0.25, 0.3) is 5.56 Å². The number of hydrogen-bond acceptors (Lipinski definition) is 4. The number of aromatic nitrogens is 3. The van der Waals surface area contributed by atoms with Gasteiger partial charge in [-0.25, -0.2) is 4.98 Å². The van der Waals surface area contributed by atoms with E-state index >= 15 is 0 Å². The molecule has 0 radical (unpaired) electrons. The summed E-state index contributed by atoms with van der Waals surface area (Å²) in [6.45, 7) is 0.610. The molecule has 0 aliphatic heterocycles. The predicted octanol–water partition coefficient (Wildman–Crippen LogP) is 1.45. The molecule has 0 spiro atoms. The van der Waals surface area contributed by atoms with Crippen molar-refractivity contribution in [2.45, 2.75) is 6.54 Å². The minimum atomic E-state index is -0.335. The van der Waals surface area contributed by atoms with Gasteiger partial charge in [-0.3, -0.25) is 9.78 Å². The van der Waals surface area contributed by atoms with Gasteiger partial charge >= 0.3 is 0 Å². The first-order valence-corrected chi connectivity index (χ1v) is 5.39. The maximum absolute atomic E-state index is 11.3. The van der Waals surface area contributed by atoms with Crippen molar-refractivity contribution in [3.63, 3.8) is 0 Å². The van der Waals surface area contributed by atoms with Crippen molar-refractivity contribution in [2.24, 2.45) is 0 Å². The second-order valence-corrected chi connectivity index (χ2v) is 3.96. The van der Waals surface area contributed by atoms with Crippen LogP contribution in [0.15, 0.2) is 35.6 Å². The van der Waals surface area contributed by atoms with Crippen molar-refractivity contribution < 1.29 is 0 Å². The highest BCUT2D eigenvalue weighted by atomic mass is 35.5. The van der Waals surface area contributed by atoms with Crippen LogP contribution in [0.2, 0.25) is 5.02 Å². The third-order valence-electron chi connectivity index (χ3n) is 2.31. The second kappa shape index (κ2) is 4.97. The van der Waals surface area contributed by atoms with Crippen molar-refractivity contribution in [1.82, 2.24) is 15.0 Å². The third kappa shape index (κ3) is 2.62. The summed E-state index contributed by atoms with van der Waals surface area (Å²) < 4.78 is 0. The molecule has 0 bridgehead atoms. The number of H-pyrrole nitrogens is 1.